The Morgan fingerprint density at radius 3 is 2.94 bits per heavy atom. The summed E-state index contributed by atoms with van der Waals surface area (Å²) in [5.41, 5.74) is 2.30. The van der Waals surface area contributed by atoms with Crippen molar-refractivity contribution in [2.75, 3.05) is 20.2 Å². The number of hydrogen-bond donors (Lipinski definition) is 1. The second kappa shape index (κ2) is 5.07. The van der Waals surface area contributed by atoms with Gasteiger partial charge in [-0.15, -0.1) is 0 Å². The second-order valence-electron chi connectivity index (χ2n) is 4.45. The van der Waals surface area contributed by atoms with E-state index in [-0.39, 0.29) is 0 Å². The van der Waals surface area contributed by atoms with Gasteiger partial charge in [0.05, 0.1) is 12.1 Å². The Hall–Kier alpha value is -0.730. The Bertz CT molecular complexity index is 372. The highest BCUT2D eigenvalue weighted by atomic mass is 35.5. The fourth-order valence-electron chi connectivity index (χ4n) is 2.30. The molecule has 0 bridgehead atoms. The molecule has 0 spiro atoms. The van der Waals surface area contributed by atoms with Gasteiger partial charge in [0, 0.05) is 0 Å². The van der Waals surface area contributed by atoms with Crippen LogP contribution in [0.5, 0.6) is 5.75 Å². The molecule has 1 atom stereocenters. The Balaban J connectivity index is 2.20. The van der Waals surface area contributed by atoms with Gasteiger partial charge in [-0.2, -0.15) is 0 Å². The average Bonchev–Trinajstić information content (AvgIpc) is 2.76. The molecule has 2 rings (SSSR count). The first kappa shape index (κ1) is 11.7. The summed E-state index contributed by atoms with van der Waals surface area (Å²) in [4.78, 5) is 0. The second-order valence-corrected chi connectivity index (χ2v) is 4.83. The molecule has 1 aliphatic heterocycles. The third kappa shape index (κ3) is 2.33. The molecule has 0 aliphatic carbocycles. The Morgan fingerprint density at radius 1 is 1.50 bits per heavy atom. The van der Waals surface area contributed by atoms with Crippen LogP contribution < -0.4 is 10.1 Å². The smallest absolute Gasteiger partial charge is 0.140 e. The predicted molar refractivity (Wildman–Crippen MR) is 67.4 cm³/mol. The minimum atomic E-state index is 0.713. The number of hydrogen-bond acceptors (Lipinski definition) is 2. The van der Waals surface area contributed by atoms with Gasteiger partial charge < -0.3 is 10.1 Å². The molecule has 0 aromatic heterocycles. The Labute approximate surface area is 102 Å². The lowest BCUT2D eigenvalue weighted by Gasteiger charge is -2.14. The lowest BCUT2D eigenvalue weighted by molar-refractivity contribution is 0.411. The number of benzene rings is 1. The molecule has 2 nitrogen and oxygen atoms in total. The van der Waals surface area contributed by atoms with Gasteiger partial charge >= 0.3 is 0 Å². The van der Waals surface area contributed by atoms with Crippen LogP contribution in [0.2, 0.25) is 5.02 Å². The van der Waals surface area contributed by atoms with E-state index in [1.807, 2.05) is 6.92 Å². The van der Waals surface area contributed by atoms with Crippen molar-refractivity contribution in [3.63, 3.8) is 0 Å². The van der Waals surface area contributed by atoms with Crippen LogP contribution in [0, 0.1) is 12.8 Å². The molecule has 1 aromatic rings. The summed E-state index contributed by atoms with van der Waals surface area (Å²) in [5, 5.41) is 4.16. The van der Waals surface area contributed by atoms with Crippen LogP contribution in [0.25, 0.3) is 0 Å². The first-order valence-corrected chi connectivity index (χ1v) is 6.13. The maximum Gasteiger partial charge on any atom is 0.140 e. The summed E-state index contributed by atoms with van der Waals surface area (Å²) < 4.78 is 5.33. The van der Waals surface area contributed by atoms with Crippen LogP contribution in [-0.4, -0.2) is 20.2 Å². The van der Waals surface area contributed by atoms with Crippen molar-refractivity contribution in [1.82, 2.24) is 5.32 Å². The Morgan fingerprint density at radius 2 is 2.31 bits per heavy atom. The normalized spacial score (nSPS) is 20.1. The summed E-state index contributed by atoms with van der Waals surface area (Å²) >= 11 is 6.35. The SMILES string of the molecule is COc1c(C)ccc(CC2CCNC2)c1Cl. The lowest BCUT2D eigenvalue weighted by Crippen LogP contribution is -2.11. The molecule has 1 unspecified atom stereocenters. The van der Waals surface area contributed by atoms with Gasteiger partial charge in [-0.1, -0.05) is 23.7 Å². The average molecular weight is 240 g/mol. The number of methoxy groups -OCH3 is 1. The number of nitrogens with one attached hydrogen (secondary N) is 1. The third-order valence-electron chi connectivity index (χ3n) is 3.25. The van der Waals surface area contributed by atoms with Gasteiger partial charge in [0.25, 0.3) is 0 Å². The van der Waals surface area contributed by atoms with Gasteiger partial charge in [0.1, 0.15) is 5.75 Å². The molecular formula is C13H18ClNO. The van der Waals surface area contributed by atoms with E-state index in [9.17, 15) is 0 Å². The molecule has 88 valence electrons. The Kier molecular flexibility index (Phi) is 3.72. The van der Waals surface area contributed by atoms with Gasteiger partial charge in [-0.3, -0.25) is 0 Å². The van der Waals surface area contributed by atoms with Crippen molar-refractivity contribution in [3.8, 4) is 5.75 Å². The van der Waals surface area contributed by atoms with Crippen molar-refractivity contribution < 1.29 is 4.74 Å². The van der Waals surface area contributed by atoms with Crippen molar-refractivity contribution in [3.05, 3.63) is 28.3 Å². The summed E-state index contributed by atoms with van der Waals surface area (Å²) in [5.74, 6) is 1.54. The molecule has 1 fully saturated rings. The van der Waals surface area contributed by atoms with Crippen molar-refractivity contribution in [1.29, 1.82) is 0 Å². The zero-order valence-electron chi connectivity index (χ0n) is 9.85. The molecule has 0 amide bonds. The highest BCUT2D eigenvalue weighted by Crippen LogP contribution is 2.33. The molecule has 3 heteroatoms. The minimum Gasteiger partial charge on any atom is -0.495 e. The third-order valence-corrected chi connectivity index (χ3v) is 3.66. The van der Waals surface area contributed by atoms with Crippen LogP contribution in [0.3, 0.4) is 0 Å². The summed E-state index contributed by atoms with van der Waals surface area (Å²) in [6.07, 6.45) is 2.29. The molecule has 1 aromatic carbocycles. The quantitative estimate of drug-likeness (QED) is 0.876. The van der Waals surface area contributed by atoms with Crippen molar-refractivity contribution >= 4 is 11.6 Å². The van der Waals surface area contributed by atoms with E-state index < -0.39 is 0 Å². The molecule has 0 radical (unpaired) electrons. The van der Waals surface area contributed by atoms with Crippen molar-refractivity contribution in [2.45, 2.75) is 19.8 Å². The first-order chi connectivity index (χ1) is 7.72. The fourth-order valence-corrected chi connectivity index (χ4v) is 2.67. The molecule has 1 heterocycles. The van der Waals surface area contributed by atoms with E-state index in [0.717, 1.165) is 35.8 Å². The summed E-state index contributed by atoms with van der Waals surface area (Å²) in [7, 11) is 1.68. The van der Waals surface area contributed by atoms with Gasteiger partial charge in [-0.05, 0) is 49.9 Å². The fraction of sp³-hybridized carbons (Fsp3) is 0.538. The monoisotopic (exact) mass is 239 g/mol. The van der Waals surface area contributed by atoms with E-state index in [0.29, 0.717) is 5.92 Å². The zero-order valence-corrected chi connectivity index (χ0v) is 10.6. The van der Waals surface area contributed by atoms with E-state index in [1.165, 1.54) is 12.0 Å². The van der Waals surface area contributed by atoms with E-state index in [2.05, 4.69) is 17.4 Å². The highest BCUT2D eigenvalue weighted by Gasteiger charge is 2.18. The number of halogens is 1. The first-order valence-electron chi connectivity index (χ1n) is 5.75. The maximum atomic E-state index is 6.35. The molecule has 16 heavy (non-hydrogen) atoms. The van der Waals surface area contributed by atoms with Crippen molar-refractivity contribution in [2.24, 2.45) is 5.92 Å². The summed E-state index contributed by atoms with van der Waals surface area (Å²) in [6.45, 7) is 4.25. The van der Waals surface area contributed by atoms with Crippen LogP contribution in [0.1, 0.15) is 17.5 Å². The van der Waals surface area contributed by atoms with E-state index >= 15 is 0 Å². The molecule has 1 aliphatic rings. The summed E-state index contributed by atoms with van der Waals surface area (Å²) in [6, 6.07) is 4.21. The van der Waals surface area contributed by atoms with Crippen LogP contribution in [0.15, 0.2) is 12.1 Å². The highest BCUT2D eigenvalue weighted by molar-refractivity contribution is 6.33. The molecule has 0 saturated carbocycles. The molecular weight excluding hydrogens is 222 g/mol. The number of ether oxygens (including phenoxy) is 1. The lowest BCUT2D eigenvalue weighted by atomic mass is 9.97. The van der Waals surface area contributed by atoms with Gasteiger partial charge in [0.2, 0.25) is 0 Å². The zero-order chi connectivity index (χ0) is 11.5. The standard InChI is InChI=1S/C13H18ClNO/c1-9-3-4-11(12(14)13(9)16-2)7-10-5-6-15-8-10/h3-4,10,15H,5-8H2,1-2H3. The van der Waals surface area contributed by atoms with Gasteiger partial charge in [0.15, 0.2) is 0 Å². The van der Waals surface area contributed by atoms with E-state index in [4.69, 9.17) is 16.3 Å². The van der Waals surface area contributed by atoms with Crippen LogP contribution in [0.4, 0.5) is 0 Å². The predicted octanol–water partition coefficient (Wildman–Crippen LogP) is 2.81. The van der Waals surface area contributed by atoms with Crippen LogP contribution >= 0.6 is 11.6 Å². The maximum absolute atomic E-state index is 6.35. The molecule has 1 N–H and O–H groups in total. The van der Waals surface area contributed by atoms with Crippen LogP contribution in [-0.2, 0) is 6.42 Å². The number of aryl methyl sites for hydroxylation is 1. The van der Waals surface area contributed by atoms with Gasteiger partial charge in [-0.25, -0.2) is 0 Å². The van der Waals surface area contributed by atoms with E-state index in [1.54, 1.807) is 7.11 Å². The molecule has 1 saturated heterocycles. The number of rotatable bonds is 3. The largest absolute Gasteiger partial charge is 0.495 e. The minimum absolute atomic E-state index is 0.713. The topological polar surface area (TPSA) is 21.3 Å².